The molecule has 2 rings (SSSR count). The quantitative estimate of drug-likeness (QED) is 0.862. The van der Waals surface area contributed by atoms with Crippen LogP contribution >= 0.6 is 11.6 Å². The lowest BCUT2D eigenvalue weighted by Gasteiger charge is -2.24. The van der Waals surface area contributed by atoms with Gasteiger partial charge in [0.15, 0.2) is 5.82 Å². The Labute approximate surface area is 99.0 Å². The van der Waals surface area contributed by atoms with Gasteiger partial charge in [-0.2, -0.15) is 4.98 Å². The van der Waals surface area contributed by atoms with Crippen LogP contribution in [0, 0.1) is 0 Å². The van der Waals surface area contributed by atoms with Crippen LogP contribution in [0.25, 0.3) is 0 Å². The standard InChI is InChI=1S/C10H14ClN3O2/c1-16-10-12-5-8(11)9(13-10)14-4-2-3-7(14)6-15/h5,7,15H,2-4,6H2,1H3. The summed E-state index contributed by atoms with van der Waals surface area (Å²) in [6, 6.07) is 0.389. The Morgan fingerprint density at radius 3 is 3.19 bits per heavy atom. The Kier molecular flexibility index (Phi) is 3.46. The van der Waals surface area contributed by atoms with E-state index in [1.165, 1.54) is 13.3 Å². The second-order valence-electron chi connectivity index (χ2n) is 3.70. The Balaban J connectivity index is 2.31. The molecule has 1 unspecified atom stereocenters. The average Bonchev–Trinajstić information content (AvgIpc) is 2.77. The first kappa shape index (κ1) is 11.4. The van der Waals surface area contributed by atoms with Crippen molar-refractivity contribution < 1.29 is 9.84 Å². The molecule has 0 radical (unpaired) electrons. The zero-order valence-electron chi connectivity index (χ0n) is 9.06. The molecule has 5 nitrogen and oxygen atoms in total. The molecular weight excluding hydrogens is 230 g/mol. The first-order valence-corrected chi connectivity index (χ1v) is 5.58. The topological polar surface area (TPSA) is 58.5 Å². The van der Waals surface area contributed by atoms with Gasteiger partial charge in [0.05, 0.1) is 26.0 Å². The smallest absolute Gasteiger partial charge is 0.318 e. The van der Waals surface area contributed by atoms with E-state index in [2.05, 4.69) is 9.97 Å². The molecule has 1 fully saturated rings. The summed E-state index contributed by atoms with van der Waals surface area (Å²) in [5.74, 6) is 0.644. The highest BCUT2D eigenvalue weighted by molar-refractivity contribution is 6.32. The highest BCUT2D eigenvalue weighted by atomic mass is 35.5. The van der Waals surface area contributed by atoms with Crippen LogP contribution in [-0.2, 0) is 0 Å². The van der Waals surface area contributed by atoms with Crippen LogP contribution in [0.4, 0.5) is 5.82 Å². The summed E-state index contributed by atoms with van der Waals surface area (Å²) >= 11 is 6.05. The number of hydrogen-bond donors (Lipinski definition) is 1. The number of anilines is 1. The van der Waals surface area contributed by atoms with Crippen molar-refractivity contribution in [1.82, 2.24) is 9.97 Å². The number of halogens is 1. The third-order valence-electron chi connectivity index (χ3n) is 2.75. The van der Waals surface area contributed by atoms with E-state index in [4.69, 9.17) is 16.3 Å². The van der Waals surface area contributed by atoms with Crippen LogP contribution in [0.2, 0.25) is 5.02 Å². The van der Waals surface area contributed by atoms with Gasteiger partial charge in [-0.05, 0) is 12.8 Å². The van der Waals surface area contributed by atoms with Crippen LogP contribution in [-0.4, -0.2) is 41.4 Å². The summed E-state index contributed by atoms with van der Waals surface area (Å²) in [5.41, 5.74) is 0. The number of methoxy groups -OCH3 is 1. The van der Waals surface area contributed by atoms with Crippen LogP contribution in [0.5, 0.6) is 6.01 Å². The monoisotopic (exact) mass is 243 g/mol. The molecule has 0 aliphatic carbocycles. The molecule has 1 aromatic heterocycles. The molecule has 6 heteroatoms. The number of aromatic nitrogens is 2. The summed E-state index contributed by atoms with van der Waals surface area (Å²) < 4.78 is 4.97. The Bertz CT molecular complexity index is 375. The zero-order chi connectivity index (χ0) is 11.5. The molecule has 1 saturated heterocycles. The van der Waals surface area contributed by atoms with Gasteiger partial charge in [0.2, 0.25) is 0 Å². The number of rotatable bonds is 3. The molecule has 16 heavy (non-hydrogen) atoms. The maximum absolute atomic E-state index is 9.26. The number of aliphatic hydroxyl groups excluding tert-OH is 1. The summed E-state index contributed by atoms with van der Waals surface area (Å²) in [6.07, 6.45) is 3.52. The van der Waals surface area contributed by atoms with Crippen molar-refractivity contribution in [1.29, 1.82) is 0 Å². The zero-order valence-corrected chi connectivity index (χ0v) is 9.81. The lowest BCUT2D eigenvalue weighted by atomic mass is 10.2. The molecule has 1 aliphatic heterocycles. The Morgan fingerprint density at radius 2 is 2.50 bits per heavy atom. The fraction of sp³-hybridized carbons (Fsp3) is 0.600. The van der Waals surface area contributed by atoms with E-state index in [1.54, 1.807) is 0 Å². The first-order chi connectivity index (χ1) is 7.76. The molecule has 0 saturated carbocycles. The van der Waals surface area contributed by atoms with Gasteiger partial charge >= 0.3 is 6.01 Å². The molecule has 2 heterocycles. The largest absolute Gasteiger partial charge is 0.467 e. The maximum atomic E-state index is 9.26. The highest BCUT2D eigenvalue weighted by Gasteiger charge is 2.27. The molecule has 1 aliphatic rings. The summed E-state index contributed by atoms with van der Waals surface area (Å²) in [7, 11) is 1.51. The lowest BCUT2D eigenvalue weighted by Crippen LogP contribution is -2.33. The number of ether oxygens (including phenoxy) is 1. The third kappa shape index (κ3) is 2.05. The van der Waals surface area contributed by atoms with E-state index < -0.39 is 0 Å². The lowest BCUT2D eigenvalue weighted by molar-refractivity contribution is 0.265. The van der Waals surface area contributed by atoms with E-state index in [0.717, 1.165) is 19.4 Å². The minimum absolute atomic E-state index is 0.0945. The third-order valence-corrected chi connectivity index (χ3v) is 3.01. The second kappa shape index (κ2) is 4.84. The van der Waals surface area contributed by atoms with E-state index in [-0.39, 0.29) is 12.6 Å². The van der Waals surface area contributed by atoms with Crippen LogP contribution < -0.4 is 9.64 Å². The maximum Gasteiger partial charge on any atom is 0.318 e. The van der Waals surface area contributed by atoms with Gasteiger partial charge in [-0.15, -0.1) is 0 Å². The van der Waals surface area contributed by atoms with Gasteiger partial charge < -0.3 is 14.7 Å². The van der Waals surface area contributed by atoms with Crippen LogP contribution in [0.1, 0.15) is 12.8 Å². The van der Waals surface area contributed by atoms with E-state index in [0.29, 0.717) is 16.9 Å². The van der Waals surface area contributed by atoms with Crippen molar-refractivity contribution in [2.45, 2.75) is 18.9 Å². The molecule has 0 bridgehead atoms. The Hall–Kier alpha value is -1.07. The van der Waals surface area contributed by atoms with Gasteiger partial charge in [0, 0.05) is 6.54 Å². The van der Waals surface area contributed by atoms with Gasteiger partial charge in [-0.1, -0.05) is 11.6 Å². The van der Waals surface area contributed by atoms with Crippen molar-refractivity contribution in [3.8, 4) is 6.01 Å². The van der Waals surface area contributed by atoms with Crippen molar-refractivity contribution >= 4 is 17.4 Å². The van der Waals surface area contributed by atoms with E-state index in [9.17, 15) is 5.11 Å². The predicted molar refractivity (Wildman–Crippen MR) is 61.0 cm³/mol. The van der Waals surface area contributed by atoms with Crippen molar-refractivity contribution in [3.63, 3.8) is 0 Å². The van der Waals surface area contributed by atoms with Crippen molar-refractivity contribution in [2.24, 2.45) is 0 Å². The van der Waals surface area contributed by atoms with Gasteiger partial charge in [0.1, 0.15) is 5.02 Å². The second-order valence-corrected chi connectivity index (χ2v) is 4.11. The normalized spacial score (nSPS) is 20.2. The SMILES string of the molecule is COc1ncc(Cl)c(N2CCCC2CO)n1. The highest BCUT2D eigenvalue weighted by Crippen LogP contribution is 2.30. The first-order valence-electron chi connectivity index (χ1n) is 5.20. The molecular formula is C10H14ClN3O2. The molecule has 1 aromatic rings. The van der Waals surface area contributed by atoms with Crippen molar-refractivity contribution in [2.75, 3.05) is 25.2 Å². The molecule has 0 spiro atoms. The van der Waals surface area contributed by atoms with Crippen molar-refractivity contribution in [3.05, 3.63) is 11.2 Å². The van der Waals surface area contributed by atoms with Gasteiger partial charge in [-0.25, -0.2) is 4.98 Å². The van der Waals surface area contributed by atoms with Gasteiger partial charge in [-0.3, -0.25) is 0 Å². The van der Waals surface area contributed by atoms with E-state index in [1.807, 2.05) is 4.90 Å². The fourth-order valence-electron chi connectivity index (χ4n) is 1.95. The minimum atomic E-state index is 0.0945. The number of nitrogens with zero attached hydrogens (tertiary/aromatic N) is 3. The minimum Gasteiger partial charge on any atom is -0.467 e. The molecule has 88 valence electrons. The summed E-state index contributed by atoms with van der Waals surface area (Å²) in [5, 5.41) is 9.74. The average molecular weight is 244 g/mol. The fourth-order valence-corrected chi connectivity index (χ4v) is 2.15. The van der Waals surface area contributed by atoms with Crippen LogP contribution in [0.15, 0.2) is 6.20 Å². The predicted octanol–water partition coefficient (Wildman–Crippen LogP) is 1.10. The Morgan fingerprint density at radius 1 is 1.69 bits per heavy atom. The molecule has 0 amide bonds. The van der Waals surface area contributed by atoms with Crippen LogP contribution in [0.3, 0.4) is 0 Å². The number of aliphatic hydroxyl groups is 1. The molecule has 0 aromatic carbocycles. The molecule has 1 atom stereocenters. The van der Waals surface area contributed by atoms with E-state index >= 15 is 0 Å². The summed E-state index contributed by atoms with van der Waals surface area (Å²) in [4.78, 5) is 10.2. The van der Waals surface area contributed by atoms with Gasteiger partial charge in [0.25, 0.3) is 0 Å². The number of hydrogen-bond acceptors (Lipinski definition) is 5. The molecule has 1 N–H and O–H groups in total. The summed E-state index contributed by atoms with van der Waals surface area (Å²) in [6.45, 7) is 0.966.